The van der Waals surface area contributed by atoms with Crippen LogP contribution in [0.4, 0.5) is 4.79 Å². The van der Waals surface area contributed by atoms with E-state index in [2.05, 4.69) is 5.43 Å². The molecule has 0 aromatic heterocycles. The Morgan fingerprint density at radius 1 is 0.915 bits per heavy atom. The minimum atomic E-state index is -1.23. The van der Waals surface area contributed by atoms with E-state index in [0.29, 0.717) is 25.9 Å². The lowest BCUT2D eigenvalue weighted by atomic mass is 9.71. The zero-order valence-electron chi connectivity index (χ0n) is 29.9. The lowest BCUT2D eigenvalue weighted by Gasteiger charge is -2.34. The molecule has 1 aromatic carbocycles. The van der Waals surface area contributed by atoms with Crippen LogP contribution in [0.15, 0.2) is 30.3 Å². The van der Waals surface area contributed by atoms with Crippen LogP contribution in [0.5, 0.6) is 0 Å². The number of hydrogen-bond donors (Lipinski definition) is 3. The normalized spacial score (nSPS) is 15.7. The second kappa shape index (κ2) is 19.6. The predicted molar refractivity (Wildman–Crippen MR) is 177 cm³/mol. The molecule has 5 unspecified atom stereocenters. The molecule has 0 bridgehead atoms. The summed E-state index contributed by atoms with van der Waals surface area (Å²) in [6, 6.07) is 9.70. The number of methoxy groups -OCH3 is 1. The van der Waals surface area contributed by atoms with Gasteiger partial charge in [0.2, 0.25) is 0 Å². The molecular weight excluding hydrogens is 608 g/mol. The second-order valence-electron chi connectivity index (χ2n) is 14.1. The summed E-state index contributed by atoms with van der Waals surface area (Å²) < 4.78 is 21.1. The summed E-state index contributed by atoms with van der Waals surface area (Å²) >= 11 is 0. The zero-order chi connectivity index (χ0) is 35.8. The molecule has 12 heteroatoms. The predicted octanol–water partition coefficient (Wildman–Crippen LogP) is 4.52. The van der Waals surface area contributed by atoms with E-state index in [9.17, 15) is 29.4 Å². The minimum Gasteiger partial charge on any atom is -0.469 e. The average Bonchev–Trinajstić information content (AvgIpc) is 2.99. The lowest BCUT2D eigenvalue weighted by molar-refractivity contribution is -0.928. The number of quaternary nitrogens is 1. The lowest BCUT2D eigenvalue weighted by Crippen LogP contribution is -2.57. The number of aliphatic hydroxyl groups is 2. The smallest absolute Gasteiger partial charge is 0.451 e. The highest BCUT2D eigenvalue weighted by Crippen LogP contribution is 2.42. The number of carbonyl (C=O) groups is 4. The number of aliphatic hydroxyl groups excluding tert-OH is 2. The van der Waals surface area contributed by atoms with Crippen molar-refractivity contribution in [2.75, 3.05) is 47.6 Å². The molecule has 268 valence electrons. The summed E-state index contributed by atoms with van der Waals surface area (Å²) in [6.07, 6.45) is 0.574. The van der Waals surface area contributed by atoms with Gasteiger partial charge in [-0.1, -0.05) is 50.6 Å². The van der Waals surface area contributed by atoms with Gasteiger partial charge in [0.1, 0.15) is 32.0 Å². The average molecular weight is 668 g/mol. The largest absolute Gasteiger partial charge is 0.469 e. The number of likely N-dealkylation sites (N-methyl/N-ethyl adjacent to an activating group) is 1. The number of unbranched alkanes of at least 4 members (excludes halogenated alkanes) is 1. The number of rotatable bonds is 21. The van der Waals surface area contributed by atoms with Gasteiger partial charge in [0, 0.05) is 0 Å². The highest BCUT2D eigenvalue weighted by molar-refractivity contribution is 5.79. The topological polar surface area (TPSA) is 158 Å². The number of ether oxygens (including phenoxy) is 4. The fourth-order valence-corrected chi connectivity index (χ4v) is 5.58. The van der Waals surface area contributed by atoms with Crippen molar-refractivity contribution >= 4 is 24.0 Å². The van der Waals surface area contributed by atoms with Gasteiger partial charge in [0.05, 0.1) is 44.6 Å². The quantitative estimate of drug-likeness (QED) is 0.0560. The van der Waals surface area contributed by atoms with Crippen molar-refractivity contribution in [1.29, 1.82) is 0 Å². The summed E-state index contributed by atoms with van der Waals surface area (Å²) in [4.78, 5) is 51.1. The number of amides is 1. The summed E-state index contributed by atoms with van der Waals surface area (Å²) in [5.41, 5.74) is 1.63. The van der Waals surface area contributed by atoms with Crippen LogP contribution in [0.3, 0.4) is 0 Å². The molecule has 0 aliphatic carbocycles. The van der Waals surface area contributed by atoms with Crippen LogP contribution in [0.1, 0.15) is 91.5 Å². The molecule has 1 rings (SSSR count). The Kier molecular flexibility index (Phi) is 17.4. The third-order valence-corrected chi connectivity index (χ3v) is 8.15. The molecule has 0 fully saturated rings. The standard InChI is InChI=1S/C35H58N2O10/c1-10-11-19-45-30(40)25(2)20-35(6,32(42)44-9)21-28(27-15-13-12-14-16-27)17-18-34(4,5)31(41)46-23-29(39)24-47-33(43)36-37(7,8)22-26(3)38/h12-16,25-26,28-29,38-39H,10-11,17-24H2,1-9H3/p+1. The Bertz CT molecular complexity index is 1120. The van der Waals surface area contributed by atoms with Crippen LogP contribution in [0, 0.1) is 16.7 Å². The fourth-order valence-electron chi connectivity index (χ4n) is 5.58. The van der Waals surface area contributed by atoms with E-state index >= 15 is 0 Å². The minimum absolute atomic E-state index is 0.0247. The van der Waals surface area contributed by atoms with Crippen LogP contribution in [-0.4, -0.2) is 98.6 Å². The van der Waals surface area contributed by atoms with E-state index in [1.54, 1.807) is 48.7 Å². The van der Waals surface area contributed by atoms with Gasteiger partial charge in [-0.2, -0.15) is 5.43 Å². The first kappa shape index (κ1) is 41.8. The van der Waals surface area contributed by atoms with Crippen LogP contribution >= 0.6 is 0 Å². The Balaban J connectivity index is 2.90. The number of esters is 3. The maximum Gasteiger partial charge on any atom is 0.451 e. The van der Waals surface area contributed by atoms with Crippen molar-refractivity contribution in [3.63, 3.8) is 0 Å². The second-order valence-corrected chi connectivity index (χ2v) is 14.1. The molecule has 0 aliphatic rings. The monoisotopic (exact) mass is 667 g/mol. The molecule has 12 nitrogen and oxygen atoms in total. The Hall–Kier alpha value is -3.22. The molecular formula is C35H59N2O10+. The van der Waals surface area contributed by atoms with Gasteiger partial charge in [-0.15, -0.1) is 0 Å². The van der Waals surface area contributed by atoms with Crippen molar-refractivity contribution in [3.05, 3.63) is 35.9 Å². The fraction of sp³-hybridized carbons (Fsp3) is 0.714. The molecule has 1 amide bonds. The van der Waals surface area contributed by atoms with E-state index in [4.69, 9.17) is 18.9 Å². The van der Waals surface area contributed by atoms with Crippen molar-refractivity contribution in [2.45, 2.75) is 98.2 Å². The first-order valence-electron chi connectivity index (χ1n) is 16.5. The maximum absolute atomic E-state index is 13.2. The molecule has 47 heavy (non-hydrogen) atoms. The van der Waals surface area contributed by atoms with Gasteiger partial charge in [-0.25, -0.2) is 9.39 Å². The molecule has 0 radical (unpaired) electrons. The van der Waals surface area contributed by atoms with Gasteiger partial charge in [0.15, 0.2) is 0 Å². The van der Waals surface area contributed by atoms with Gasteiger partial charge in [0.25, 0.3) is 0 Å². The molecule has 0 spiro atoms. The highest BCUT2D eigenvalue weighted by atomic mass is 16.6. The Morgan fingerprint density at radius 2 is 1.53 bits per heavy atom. The summed E-state index contributed by atoms with van der Waals surface area (Å²) in [5.74, 6) is -1.96. The summed E-state index contributed by atoms with van der Waals surface area (Å²) in [6.45, 7) is 10.5. The van der Waals surface area contributed by atoms with Crippen LogP contribution in [0.2, 0.25) is 0 Å². The third-order valence-electron chi connectivity index (χ3n) is 8.15. The number of nitrogens with one attached hydrogen (secondary N) is 1. The van der Waals surface area contributed by atoms with E-state index in [-0.39, 0.29) is 42.7 Å². The Morgan fingerprint density at radius 3 is 2.11 bits per heavy atom. The van der Waals surface area contributed by atoms with Crippen molar-refractivity contribution in [2.24, 2.45) is 16.7 Å². The van der Waals surface area contributed by atoms with E-state index < -0.39 is 47.0 Å². The first-order valence-corrected chi connectivity index (χ1v) is 16.5. The number of nitrogens with zero attached hydrogens (tertiary/aromatic N) is 1. The van der Waals surface area contributed by atoms with Gasteiger partial charge in [-0.3, -0.25) is 14.4 Å². The van der Waals surface area contributed by atoms with Crippen molar-refractivity contribution in [1.82, 2.24) is 5.43 Å². The number of benzene rings is 1. The summed E-state index contributed by atoms with van der Waals surface area (Å²) in [7, 11) is 4.70. The molecule has 0 heterocycles. The number of hydrogen-bond acceptors (Lipinski definition) is 10. The van der Waals surface area contributed by atoms with Crippen molar-refractivity contribution in [3.8, 4) is 0 Å². The van der Waals surface area contributed by atoms with Crippen LogP contribution in [-0.2, 0) is 33.3 Å². The van der Waals surface area contributed by atoms with Crippen LogP contribution in [0.25, 0.3) is 0 Å². The zero-order valence-corrected chi connectivity index (χ0v) is 29.9. The molecule has 1 aromatic rings. The molecule has 3 N–H and O–H groups in total. The SMILES string of the molecule is CCCCOC(=O)C(C)CC(C)(CC(CCC(C)(C)C(=O)OCC(O)COC(=O)N[N+](C)(C)CC(C)O)c1ccccc1)C(=O)OC. The molecule has 0 saturated heterocycles. The maximum atomic E-state index is 13.2. The molecule has 0 aliphatic heterocycles. The van der Waals surface area contributed by atoms with Gasteiger partial charge in [-0.05, 0) is 71.3 Å². The van der Waals surface area contributed by atoms with Gasteiger partial charge >= 0.3 is 24.0 Å². The van der Waals surface area contributed by atoms with Gasteiger partial charge < -0.3 is 29.2 Å². The molecule has 0 saturated carbocycles. The summed E-state index contributed by atoms with van der Waals surface area (Å²) in [5, 5.41) is 19.9. The van der Waals surface area contributed by atoms with E-state index in [1.807, 2.05) is 37.3 Å². The number of carbonyl (C=O) groups excluding carboxylic acids is 4. The first-order chi connectivity index (χ1) is 21.9. The van der Waals surface area contributed by atoms with E-state index in [0.717, 1.165) is 18.4 Å². The highest BCUT2D eigenvalue weighted by Gasteiger charge is 2.41. The van der Waals surface area contributed by atoms with Crippen molar-refractivity contribution < 1.29 is 52.9 Å². The Labute approximate surface area is 280 Å². The third kappa shape index (κ3) is 15.5. The molecule has 5 atom stereocenters. The van der Waals surface area contributed by atoms with Crippen LogP contribution < -0.4 is 5.43 Å². The van der Waals surface area contributed by atoms with E-state index in [1.165, 1.54) is 7.11 Å².